The van der Waals surface area contributed by atoms with E-state index in [9.17, 15) is 41.5 Å². The SMILES string of the molecule is CN1CCN(C(=O)N(Cc2ccc(C(=O)CN)cc2F)c2ccccc2)CC1.CN1CCN(C(=O)N(Cc2ccc(C(=O)CNC(=O)C(F)F)cc2F)c2ccccc2)CC1. The number of para-hydroxylation sites is 2. The monoisotopic (exact) mass is 846 g/mol. The normalized spacial score (nSPS) is 14.5. The van der Waals surface area contributed by atoms with Crippen molar-refractivity contribution in [2.45, 2.75) is 19.5 Å². The van der Waals surface area contributed by atoms with Crippen LogP contribution in [0.3, 0.4) is 0 Å². The molecular formula is C44H50F4N8O5. The number of carbonyl (C=O) groups is 5. The van der Waals surface area contributed by atoms with Crippen molar-refractivity contribution in [3.05, 3.63) is 131 Å². The predicted octanol–water partition coefficient (Wildman–Crippen LogP) is 5.10. The lowest BCUT2D eigenvalue weighted by molar-refractivity contribution is -0.131. The van der Waals surface area contributed by atoms with Crippen LogP contribution < -0.4 is 20.9 Å². The van der Waals surface area contributed by atoms with E-state index in [1.807, 2.05) is 50.5 Å². The van der Waals surface area contributed by atoms with Crippen LogP contribution in [-0.2, 0) is 17.9 Å². The minimum absolute atomic E-state index is 0.0579. The molecule has 0 atom stereocenters. The van der Waals surface area contributed by atoms with Crippen LogP contribution in [-0.4, -0.2) is 135 Å². The number of nitrogens with two attached hydrogens (primary N) is 1. The first-order chi connectivity index (χ1) is 29.2. The van der Waals surface area contributed by atoms with E-state index in [2.05, 4.69) is 9.80 Å². The molecule has 2 saturated heterocycles. The number of carbonyl (C=O) groups excluding carboxylic acids is 5. The molecule has 13 nitrogen and oxygen atoms in total. The Bertz CT molecular complexity index is 2130. The lowest BCUT2D eigenvalue weighted by Gasteiger charge is -2.36. The van der Waals surface area contributed by atoms with E-state index in [1.165, 1.54) is 23.1 Å². The zero-order valence-electron chi connectivity index (χ0n) is 34.1. The van der Waals surface area contributed by atoms with Crippen LogP contribution >= 0.6 is 0 Å². The molecule has 5 amide bonds. The van der Waals surface area contributed by atoms with Gasteiger partial charge in [0.05, 0.1) is 26.2 Å². The number of piperazine rings is 2. The van der Waals surface area contributed by atoms with Crippen molar-refractivity contribution in [3.8, 4) is 0 Å². The summed E-state index contributed by atoms with van der Waals surface area (Å²) in [7, 11) is 4.00. The molecule has 0 spiro atoms. The van der Waals surface area contributed by atoms with E-state index in [1.54, 1.807) is 56.4 Å². The minimum atomic E-state index is -3.24. The molecule has 0 unspecified atom stereocenters. The van der Waals surface area contributed by atoms with E-state index in [4.69, 9.17) is 5.73 Å². The van der Waals surface area contributed by atoms with Gasteiger partial charge in [-0.1, -0.05) is 60.7 Å². The molecule has 0 saturated carbocycles. The Balaban J connectivity index is 0.000000234. The van der Waals surface area contributed by atoms with E-state index < -0.39 is 36.3 Å². The maximum Gasteiger partial charge on any atom is 0.324 e. The van der Waals surface area contributed by atoms with Gasteiger partial charge in [-0.05, 0) is 50.5 Å². The number of benzene rings is 4. The van der Waals surface area contributed by atoms with Gasteiger partial charge in [0.15, 0.2) is 11.6 Å². The summed E-state index contributed by atoms with van der Waals surface area (Å²) in [6.45, 7) is 4.64. The van der Waals surface area contributed by atoms with Gasteiger partial charge in [0.2, 0.25) is 0 Å². The summed E-state index contributed by atoms with van der Waals surface area (Å²) < 4.78 is 54.0. The number of halogens is 4. The summed E-state index contributed by atoms with van der Waals surface area (Å²) in [5.41, 5.74) is 7.36. The molecule has 2 aliphatic rings. The summed E-state index contributed by atoms with van der Waals surface area (Å²) in [6, 6.07) is 25.7. The van der Waals surface area contributed by atoms with Gasteiger partial charge < -0.3 is 30.7 Å². The number of nitrogens with one attached hydrogen (secondary N) is 1. The first-order valence-corrected chi connectivity index (χ1v) is 19.7. The molecule has 2 fully saturated rings. The van der Waals surface area contributed by atoms with E-state index >= 15 is 0 Å². The van der Waals surface area contributed by atoms with Gasteiger partial charge in [0, 0.05) is 86.0 Å². The number of alkyl halides is 2. The topological polar surface area (TPSA) is 143 Å². The maximum atomic E-state index is 14.9. The zero-order valence-corrected chi connectivity index (χ0v) is 34.1. The summed E-state index contributed by atoms with van der Waals surface area (Å²) >= 11 is 0. The molecule has 17 heteroatoms. The fourth-order valence-electron chi connectivity index (χ4n) is 6.59. The third-order valence-corrected chi connectivity index (χ3v) is 10.4. The van der Waals surface area contributed by atoms with Gasteiger partial charge in [-0.2, -0.15) is 8.78 Å². The summed E-state index contributed by atoms with van der Waals surface area (Å²) in [6.07, 6.45) is -3.24. The van der Waals surface area contributed by atoms with Gasteiger partial charge in [-0.25, -0.2) is 18.4 Å². The van der Waals surface area contributed by atoms with Crippen LogP contribution in [0.15, 0.2) is 97.1 Å². The van der Waals surface area contributed by atoms with Crippen molar-refractivity contribution in [3.63, 3.8) is 0 Å². The molecule has 4 aromatic carbocycles. The van der Waals surface area contributed by atoms with Crippen molar-refractivity contribution >= 4 is 40.9 Å². The fraction of sp³-hybridized carbons (Fsp3) is 0.341. The highest BCUT2D eigenvalue weighted by atomic mass is 19.3. The van der Waals surface area contributed by atoms with E-state index in [0.717, 1.165) is 32.2 Å². The molecule has 0 aliphatic carbocycles. The Labute approximate surface area is 352 Å². The smallest absolute Gasteiger partial charge is 0.324 e. The molecule has 4 aromatic rings. The number of urea groups is 2. The molecule has 0 radical (unpaired) electrons. The number of amides is 5. The number of Topliss-reactive ketones (excluding diaryl/α,β-unsaturated/α-hetero) is 2. The number of hydrogen-bond donors (Lipinski definition) is 2. The molecule has 324 valence electrons. The van der Waals surface area contributed by atoms with Crippen LogP contribution in [0.4, 0.5) is 38.5 Å². The lowest BCUT2D eigenvalue weighted by Crippen LogP contribution is -2.52. The standard InChI is InChI=1S/C23H25F3N4O3.C21H25FN4O2/c1-28-9-11-29(12-10-28)23(33)30(18-5-3-2-4-6-18)15-17-8-7-16(13-19(17)24)20(31)14-27-22(32)21(25)26;1-24-9-11-25(12-10-24)21(28)26(18-5-3-2-4-6-18)15-17-8-7-16(13-19(17)22)20(27)14-23/h2-8,13,21H,9-12,14-15H2,1H3,(H,27,32);2-8,13H,9-12,14-15,23H2,1H3. The van der Waals surface area contributed by atoms with Crippen molar-refractivity contribution < 1.29 is 41.5 Å². The second-order valence-electron chi connectivity index (χ2n) is 14.7. The second-order valence-corrected chi connectivity index (χ2v) is 14.7. The molecule has 2 heterocycles. The average molecular weight is 847 g/mol. The van der Waals surface area contributed by atoms with Crippen LogP contribution in [0.25, 0.3) is 0 Å². The lowest BCUT2D eigenvalue weighted by atomic mass is 10.1. The van der Waals surface area contributed by atoms with E-state index in [0.29, 0.717) is 43.1 Å². The maximum absolute atomic E-state index is 14.9. The Morgan fingerprint density at radius 3 is 1.36 bits per heavy atom. The van der Waals surface area contributed by atoms with Crippen molar-refractivity contribution in [2.75, 3.05) is 89.3 Å². The Morgan fingerprint density at radius 2 is 1.00 bits per heavy atom. The highest BCUT2D eigenvalue weighted by Crippen LogP contribution is 2.24. The Hall–Kier alpha value is -6.17. The van der Waals surface area contributed by atoms with Gasteiger partial charge >= 0.3 is 18.5 Å². The van der Waals surface area contributed by atoms with Crippen LogP contribution in [0.2, 0.25) is 0 Å². The number of hydrogen-bond acceptors (Lipinski definition) is 8. The van der Waals surface area contributed by atoms with Gasteiger partial charge in [0.25, 0.3) is 5.91 Å². The molecule has 6 rings (SSSR count). The van der Waals surface area contributed by atoms with Crippen molar-refractivity contribution in [2.24, 2.45) is 5.73 Å². The average Bonchev–Trinajstić information content (AvgIpc) is 3.27. The van der Waals surface area contributed by atoms with Crippen molar-refractivity contribution in [1.82, 2.24) is 24.9 Å². The number of ketones is 2. The second kappa shape index (κ2) is 21.9. The Kier molecular flexibility index (Phi) is 16.5. The predicted molar refractivity (Wildman–Crippen MR) is 224 cm³/mol. The zero-order chi connectivity index (χ0) is 44.1. The van der Waals surface area contributed by atoms with Crippen molar-refractivity contribution in [1.29, 1.82) is 0 Å². The third-order valence-electron chi connectivity index (χ3n) is 10.4. The van der Waals surface area contributed by atoms with Crippen LogP contribution in [0.1, 0.15) is 31.8 Å². The summed E-state index contributed by atoms with van der Waals surface area (Å²) in [5.74, 6) is -3.83. The first kappa shape index (κ1) is 45.9. The highest BCUT2D eigenvalue weighted by Gasteiger charge is 2.28. The summed E-state index contributed by atoms with van der Waals surface area (Å²) in [5, 5.41) is 1.80. The number of nitrogens with zero attached hydrogens (tertiary/aromatic N) is 6. The largest absolute Gasteiger partial charge is 0.344 e. The van der Waals surface area contributed by atoms with Gasteiger partial charge in [-0.15, -0.1) is 0 Å². The molecule has 61 heavy (non-hydrogen) atoms. The highest BCUT2D eigenvalue weighted by molar-refractivity contribution is 6.00. The molecule has 2 aliphatic heterocycles. The minimum Gasteiger partial charge on any atom is -0.344 e. The summed E-state index contributed by atoms with van der Waals surface area (Å²) in [4.78, 5) is 72.0. The van der Waals surface area contributed by atoms with Crippen LogP contribution in [0, 0.1) is 11.6 Å². The quantitative estimate of drug-likeness (QED) is 0.148. The number of likely N-dealkylation sites (N-methyl/N-ethyl adjacent to an activating group) is 2. The number of anilines is 2. The van der Waals surface area contributed by atoms with Gasteiger partial charge in [0.1, 0.15) is 11.6 Å². The molecular weight excluding hydrogens is 797 g/mol. The van der Waals surface area contributed by atoms with Gasteiger partial charge in [-0.3, -0.25) is 24.2 Å². The molecule has 0 bridgehead atoms. The fourth-order valence-corrected chi connectivity index (χ4v) is 6.59. The molecule has 3 N–H and O–H groups in total. The first-order valence-electron chi connectivity index (χ1n) is 19.7. The Morgan fingerprint density at radius 1 is 0.607 bits per heavy atom. The number of rotatable bonds is 12. The molecule has 0 aromatic heterocycles. The van der Waals surface area contributed by atoms with E-state index in [-0.39, 0.29) is 54.2 Å². The third kappa shape index (κ3) is 12.7. The van der Waals surface area contributed by atoms with Crippen LogP contribution in [0.5, 0.6) is 0 Å².